The zero-order chi connectivity index (χ0) is 9.64. The van der Waals surface area contributed by atoms with E-state index < -0.39 is 0 Å². The number of rotatable bonds is 2. The van der Waals surface area contributed by atoms with Crippen LogP contribution in [0.15, 0.2) is 60.9 Å². The molecular weight excluding hydrogens is 250 g/mol. The first-order valence-electron chi connectivity index (χ1n) is 4.64. The van der Waals surface area contributed by atoms with E-state index in [4.69, 9.17) is 0 Å². The van der Waals surface area contributed by atoms with Crippen LogP contribution in [0, 0.1) is 0 Å². The van der Waals surface area contributed by atoms with Crippen LogP contribution in [0.25, 0.3) is 12.3 Å². The molecule has 1 heterocycles. The minimum atomic E-state index is 0. The number of benzene rings is 1. The standard InChI is InChI=1S/C13H12N.BrH/c1-3-7-13(8-4-1)9-12-14-10-5-2-6-11-14;/h1-12H;1H/q+1;/p-1. The van der Waals surface area contributed by atoms with Crippen molar-refractivity contribution in [2.45, 2.75) is 0 Å². The minimum Gasteiger partial charge on any atom is -1.00 e. The van der Waals surface area contributed by atoms with Gasteiger partial charge in [-0.05, 0) is 5.56 Å². The van der Waals surface area contributed by atoms with E-state index in [9.17, 15) is 0 Å². The molecule has 0 bridgehead atoms. The second-order valence-electron chi connectivity index (χ2n) is 3.05. The zero-order valence-corrected chi connectivity index (χ0v) is 9.84. The van der Waals surface area contributed by atoms with Crippen LogP contribution in [0.1, 0.15) is 5.56 Å². The summed E-state index contributed by atoms with van der Waals surface area (Å²) in [4.78, 5) is 0. The van der Waals surface area contributed by atoms with E-state index in [1.54, 1.807) is 0 Å². The van der Waals surface area contributed by atoms with Crippen LogP contribution in [0.2, 0.25) is 0 Å². The summed E-state index contributed by atoms with van der Waals surface area (Å²) in [5.41, 5.74) is 1.21. The van der Waals surface area contributed by atoms with Crippen molar-refractivity contribution >= 4 is 12.3 Å². The van der Waals surface area contributed by atoms with Gasteiger partial charge in [0.05, 0.1) is 0 Å². The summed E-state index contributed by atoms with van der Waals surface area (Å²) >= 11 is 0. The maximum Gasteiger partial charge on any atom is 0.175 e. The zero-order valence-electron chi connectivity index (χ0n) is 8.25. The third-order valence-corrected chi connectivity index (χ3v) is 1.98. The summed E-state index contributed by atoms with van der Waals surface area (Å²) in [6, 6.07) is 16.3. The Hall–Kier alpha value is -1.41. The molecule has 0 N–H and O–H groups in total. The van der Waals surface area contributed by atoms with Gasteiger partial charge in [-0.2, -0.15) is 4.57 Å². The van der Waals surface area contributed by atoms with E-state index in [1.165, 1.54) is 5.56 Å². The molecule has 0 saturated carbocycles. The monoisotopic (exact) mass is 261 g/mol. The van der Waals surface area contributed by atoms with E-state index in [2.05, 4.69) is 18.2 Å². The van der Waals surface area contributed by atoms with Gasteiger partial charge >= 0.3 is 0 Å². The number of hydrogen-bond donors (Lipinski definition) is 0. The average molecular weight is 262 g/mol. The molecular formula is C13H12BrN. The number of aromatic nitrogens is 1. The molecule has 0 aliphatic heterocycles. The van der Waals surface area contributed by atoms with Crippen molar-refractivity contribution in [3.05, 3.63) is 66.5 Å². The highest BCUT2D eigenvalue weighted by Crippen LogP contribution is 1.99. The van der Waals surface area contributed by atoms with E-state index >= 15 is 0 Å². The SMILES string of the molecule is C(=C[n+]1ccccc1)c1ccccc1.[Br-]. The quantitative estimate of drug-likeness (QED) is 0.649. The molecule has 1 nitrogen and oxygen atoms in total. The van der Waals surface area contributed by atoms with Crippen LogP contribution in [-0.2, 0) is 0 Å². The van der Waals surface area contributed by atoms with Crippen LogP contribution in [0.4, 0.5) is 0 Å². The molecule has 0 saturated heterocycles. The van der Waals surface area contributed by atoms with Gasteiger partial charge in [-0.1, -0.05) is 36.4 Å². The van der Waals surface area contributed by atoms with Crippen molar-refractivity contribution in [2.75, 3.05) is 0 Å². The second-order valence-corrected chi connectivity index (χ2v) is 3.05. The second kappa shape index (κ2) is 6.14. The molecule has 2 aromatic rings. The Balaban J connectivity index is 0.00000112. The molecule has 0 spiro atoms. The van der Waals surface area contributed by atoms with Crippen LogP contribution < -0.4 is 21.5 Å². The average Bonchev–Trinajstić information content (AvgIpc) is 2.29. The molecule has 0 atom stereocenters. The Bertz CT molecular complexity index is 368. The third kappa shape index (κ3) is 3.68. The summed E-state index contributed by atoms with van der Waals surface area (Å²) < 4.78 is 2.02. The highest BCUT2D eigenvalue weighted by Gasteiger charge is 1.89. The third-order valence-electron chi connectivity index (χ3n) is 1.98. The molecule has 1 aromatic carbocycles. The molecule has 0 amide bonds. The van der Waals surface area contributed by atoms with Crippen molar-refractivity contribution in [1.29, 1.82) is 0 Å². The molecule has 15 heavy (non-hydrogen) atoms. The van der Waals surface area contributed by atoms with E-state index in [0.717, 1.165) is 0 Å². The van der Waals surface area contributed by atoms with Crippen LogP contribution in [-0.4, -0.2) is 0 Å². The predicted molar refractivity (Wildman–Crippen MR) is 58.3 cm³/mol. The number of halogens is 1. The largest absolute Gasteiger partial charge is 1.00 e. The Morgan fingerprint density at radius 3 is 2.07 bits per heavy atom. The number of hydrogen-bond acceptors (Lipinski definition) is 0. The summed E-state index contributed by atoms with van der Waals surface area (Å²) in [6.45, 7) is 0. The predicted octanol–water partition coefficient (Wildman–Crippen LogP) is -0.394. The lowest BCUT2D eigenvalue weighted by Gasteiger charge is -1.88. The molecule has 2 heteroatoms. The van der Waals surface area contributed by atoms with Crippen LogP contribution in [0.5, 0.6) is 0 Å². The first kappa shape index (κ1) is 11.7. The van der Waals surface area contributed by atoms with Crippen molar-refractivity contribution in [3.8, 4) is 0 Å². The molecule has 2 rings (SSSR count). The molecule has 0 aliphatic carbocycles. The summed E-state index contributed by atoms with van der Waals surface area (Å²) in [5, 5.41) is 0. The van der Waals surface area contributed by atoms with Gasteiger partial charge in [0, 0.05) is 18.2 Å². The van der Waals surface area contributed by atoms with Crippen LogP contribution >= 0.6 is 0 Å². The highest BCUT2D eigenvalue weighted by molar-refractivity contribution is 5.56. The Morgan fingerprint density at radius 1 is 0.800 bits per heavy atom. The lowest BCUT2D eigenvalue weighted by Crippen LogP contribution is -3.00. The van der Waals surface area contributed by atoms with Gasteiger partial charge in [0.2, 0.25) is 0 Å². The van der Waals surface area contributed by atoms with Crippen molar-refractivity contribution < 1.29 is 21.5 Å². The van der Waals surface area contributed by atoms with E-state index in [-0.39, 0.29) is 17.0 Å². The van der Waals surface area contributed by atoms with Gasteiger partial charge in [-0.15, -0.1) is 0 Å². The topological polar surface area (TPSA) is 3.88 Å². The minimum absolute atomic E-state index is 0. The summed E-state index contributed by atoms with van der Waals surface area (Å²) in [5.74, 6) is 0. The molecule has 0 unspecified atom stereocenters. The van der Waals surface area contributed by atoms with Crippen molar-refractivity contribution in [1.82, 2.24) is 0 Å². The maximum atomic E-state index is 2.08. The Labute approximate surface area is 100 Å². The molecule has 1 aromatic heterocycles. The first-order chi connectivity index (χ1) is 6.95. The molecule has 76 valence electrons. The van der Waals surface area contributed by atoms with Crippen molar-refractivity contribution in [3.63, 3.8) is 0 Å². The molecule has 0 aliphatic rings. The number of nitrogens with zero attached hydrogens (tertiary/aromatic N) is 1. The smallest absolute Gasteiger partial charge is 0.175 e. The Morgan fingerprint density at radius 2 is 1.40 bits per heavy atom. The first-order valence-corrected chi connectivity index (χ1v) is 4.64. The highest BCUT2D eigenvalue weighted by atomic mass is 79.9. The van der Waals surface area contributed by atoms with E-state index in [0.29, 0.717) is 0 Å². The normalized spacial score (nSPS) is 9.87. The van der Waals surface area contributed by atoms with Gasteiger partial charge in [-0.25, -0.2) is 0 Å². The van der Waals surface area contributed by atoms with Gasteiger partial charge in [-0.3, -0.25) is 0 Å². The lowest BCUT2D eigenvalue weighted by atomic mass is 10.2. The van der Waals surface area contributed by atoms with Crippen molar-refractivity contribution in [2.24, 2.45) is 0 Å². The van der Waals surface area contributed by atoms with Gasteiger partial charge in [0.25, 0.3) is 0 Å². The fraction of sp³-hybridized carbons (Fsp3) is 0. The summed E-state index contributed by atoms with van der Waals surface area (Å²) in [7, 11) is 0. The van der Waals surface area contributed by atoms with Crippen LogP contribution in [0.3, 0.4) is 0 Å². The number of pyridine rings is 1. The molecule has 0 radical (unpaired) electrons. The molecule has 0 fully saturated rings. The maximum absolute atomic E-state index is 2.08. The fourth-order valence-corrected chi connectivity index (χ4v) is 1.25. The van der Waals surface area contributed by atoms with E-state index in [1.807, 2.05) is 59.6 Å². The van der Waals surface area contributed by atoms with Gasteiger partial charge < -0.3 is 17.0 Å². The fourth-order valence-electron chi connectivity index (χ4n) is 1.25. The van der Waals surface area contributed by atoms with Gasteiger partial charge in [0.1, 0.15) is 0 Å². The Kier molecular flexibility index (Phi) is 4.78. The summed E-state index contributed by atoms with van der Waals surface area (Å²) in [6.07, 6.45) is 8.15. The lowest BCUT2D eigenvalue weighted by molar-refractivity contribution is -0.567. The van der Waals surface area contributed by atoms with Gasteiger partial charge in [0.15, 0.2) is 18.6 Å².